The third-order valence-electron chi connectivity index (χ3n) is 2.78. The molecule has 0 bridgehead atoms. The predicted molar refractivity (Wildman–Crippen MR) is 80.5 cm³/mol. The number of aryl methyl sites for hydroxylation is 1. The van der Waals surface area contributed by atoms with E-state index in [1.807, 2.05) is 13.0 Å². The summed E-state index contributed by atoms with van der Waals surface area (Å²) in [5.41, 5.74) is 7.68. The van der Waals surface area contributed by atoms with E-state index in [-0.39, 0.29) is 5.91 Å². The van der Waals surface area contributed by atoms with Crippen LogP contribution in [-0.4, -0.2) is 13.0 Å². The highest BCUT2D eigenvalue weighted by atomic mass is 35.5. The van der Waals surface area contributed by atoms with Crippen LogP contribution in [-0.2, 0) is 0 Å². The van der Waals surface area contributed by atoms with E-state index in [4.69, 9.17) is 22.1 Å². The van der Waals surface area contributed by atoms with Crippen LogP contribution in [0.3, 0.4) is 0 Å². The molecule has 0 radical (unpaired) electrons. The average molecular weight is 291 g/mol. The Kier molecular flexibility index (Phi) is 4.15. The van der Waals surface area contributed by atoms with Crippen LogP contribution in [0.25, 0.3) is 0 Å². The van der Waals surface area contributed by atoms with Crippen molar-refractivity contribution >= 4 is 23.2 Å². The second-order valence-corrected chi connectivity index (χ2v) is 4.78. The molecule has 20 heavy (non-hydrogen) atoms. The number of nitrogens with two attached hydrogens (primary N) is 1. The van der Waals surface area contributed by atoms with E-state index in [9.17, 15) is 4.79 Å². The minimum Gasteiger partial charge on any atom is -0.455 e. The number of nitrogens with one attached hydrogen (secondary N) is 1. The van der Waals surface area contributed by atoms with Crippen molar-refractivity contribution in [3.05, 3.63) is 52.5 Å². The number of nitrogen functional groups attached to an aromatic ring is 1. The van der Waals surface area contributed by atoms with Gasteiger partial charge in [0.2, 0.25) is 0 Å². The number of benzene rings is 2. The van der Waals surface area contributed by atoms with Crippen LogP contribution < -0.4 is 15.8 Å². The summed E-state index contributed by atoms with van der Waals surface area (Å²) in [7, 11) is 1.56. The molecule has 0 atom stereocenters. The van der Waals surface area contributed by atoms with Gasteiger partial charge in [0.25, 0.3) is 5.91 Å². The Morgan fingerprint density at radius 1 is 1.20 bits per heavy atom. The largest absolute Gasteiger partial charge is 0.455 e. The van der Waals surface area contributed by atoms with Gasteiger partial charge in [-0.05, 0) is 36.8 Å². The van der Waals surface area contributed by atoms with Crippen LogP contribution in [0, 0.1) is 6.92 Å². The minimum atomic E-state index is -0.247. The highest BCUT2D eigenvalue weighted by Crippen LogP contribution is 2.32. The topological polar surface area (TPSA) is 64.4 Å². The maximum Gasteiger partial charge on any atom is 0.254 e. The molecule has 2 aromatic carbocycles. The molecule has 1 amide bonds. The fraction of sp³-hybridized carbons (Fsp3) is 0.133. The summed E-state index contributed by atoms with van der Waals surface area (Å²) >= 11 is 6.13. The van der Waals surface area contributed by atoms with Gasteiger partial charge in [-0.3, -0.25) is 4.79 Å². The summed E-state index contributed by atoms with van der Waals surface area (Å²) in [5.74, 6) is 0.603. The number of amides is 1. The van der Waals surface area contributed by atoms with Gasteiger partial charge in [-0.15, -0.1) is 0 Å². The molecule has 0 aliphatic rings. The molecule has 0 unspecified atom stereocenters. The highest BCUT2D eigenvalue weighted by Gasteiger charge is 2.13. The molecule has 0 spiro atoms. The molecule has 3 N–H and O–H groups in total. The van der Waals surface area contributed by atoms with Crippen LogP contribution in [0.5, 0.6) is 11.5 Å². The zero-order chi connectivity index (χ0) is 14.7. The quantitative estimate of drug-likeness (QED) is 0.852. The van der Waals surface area contributed by atoms with Crippen LogP contribution in [0.2, 0.25) is 5.02 Å². The molecule has 0 fully saturated rings. The Morgan fingerprint density at radius 3 is 2.60 bits per heavy atom. The molecular formula is C15H15ClN2O2. The van der Waals surface area contributed by atoms with Crippen molar-refractivity contribution < 1.29 is 9.53 Å². The zero-order valence-electron chi connectivity index (χ0n) is 11.2. The Bertz CT molecular complexity index is 656. The van der Waals surface area contributed by atoms with Crippen LogP contribution in [0.1, 0.15) is 15.9 Å². The molecule has 0 heterocycles. The minimum absolute atomic E-state index is 0.247. The summed E-state index contributed by atoms with van der Waals surface area (Å²) < 4.78 is 5.73. The van der Waals surface area contributed by atoms with E-state index in [1.54, 1.807) is 37.4 Å². The van der Waals surface area contributed by atoms with Crippen molar-refractivity contribution in [2.45, 2.75) is 6.92 Å². The first-order valence-corrected chi connectivity index (χ1v) is 6.44. The Hall–Kier alpha value is -2.20. The fourth-order valence-corrected chi connectivity index (χ4v) is 2.03. The fourth-order valence-electron chi connectivity index (χ4n) is 1.75. The summed E-state index contributed by atoms with van der Waals surface area (Å²) in [4.78, 5) is 11.8. The van der Waals surface area contributed by atoms with Crippen molar-refractivity contribution in [2.75, 3.05) is 12.8 Å². The van der Waals surface area contributed by atoms with Crippen molar-refractivity contribution in [1.29, 1.82) is 0 Å². The average Bonchev–Trinajstić information content (AvgIpc) is 2.41. The molecular weight excluding hydrogens is 276 g/mol. The van der Waals surface area contributed by atoms with Crippen molar-refractivity contribution in [3.63, 3.8) is 0 Å². The van der Waals surface area contributed by atoms with E-state index < -0.39 is 0 Å². The third kappa shape index (κ3) is 3.03. The van der Waals surface area contributed by atoms with Crippen LogP contribution in [0.15, 0.2) is 36.4 Å². The van der Waals surface area contributed by atoms with E-state index in [2.05, 4.69) is 5.32 Å². The second kappa shape index (κ2) is 5.84. The van der Waals surface area contributed by atoms with Crippen molar-refractivity contribution in [3.8, 4) is 11.5 Å². The predicted octanol–water partition coefficient (Wildman–Crippen LogP) is 3.38. The number of carbonyl (C=O) groups excluding carboxylic acids is 1. The van der Waals surface area contributed by atoms with Gasteiger partial charge >= 0.3 is 0 Å². The zero-order valence-corrected chi connectivity index (χ0v) is 12.0. The smallest absolute Gasteiger partial charge is 0.254 e. The Labute approximate surface area is 122 Å². The van der Waals surface area contributed by atoms with E-state index in [0.29, 0.717) is 27.8 Å². The maximum absolute atomic E-state index is 11.8. The molecule has 2 aromatic rings. The normalized spacial score (nSPS) is 10.2. The third-order valence-corrected chi connectivity index (χ3v) is 3.08. The van der Waals surface area contributed by atoms with E-state index in [0.717, 1.165) is 5.56 Å². The lowest BCUT2D eigenvalue weighted by Crippen LogP contribution is -2.18. The number of halogens is 1. The number of rotatable bonds is 3. The molecule has 0 aliphatic carbocycles. The van der Waals surface area contributed by atoms with Crippen LogP contribution in [0.4, 0.5) is 5.69 Å². The first-order chi connectivity index (χ1) is 9.51. The van der Waals surface area contributed by atoms with Gasteiger partial charge in [-0.1, -0.05) is 17.7 Å². The molecule has 5 heteroatoms. The van der Waals surface area contributed by atoms with Crippen molar-refractivity contribution in [1.82, 2.24) is 5.32 Å². The summed E-state index contributed by atoms with van der Waals surface area (Å²) in [5, 5.41) is 3.04. The molecule has 4 nitrogen and oxygen atoms in total. The number of ether oxygens (including phenoxy) is 1. The van der Waals surface area contributed by atoms with Gasteiger partial charge in [-0.25, -0.2) is 0 Å². The Balaban J connectivity index is 2.41. The molecule has 2 rings (SSSR count). The molecule has 0 saturated carbocycles. The summed E-state index contributed by atoms with van der Waals surface area (Å²) in [6.07, 6.45) is 0. The second-order valence-electron chi connectivity index (χ2n) is 4.37. The van der Waals surface area contributed by atoms with Crippen molar-refractivity contribution in [2.24, 2.45) is 0 Å². The first-order valence-electron chi connectivity index (χ1n) is 6.07. The lowest BCUT2D eigenvalue weighted by atomic mass is 10.1. The summed E-state index contributed by atoms with van der Waals surface area (Å²) in [6.45, 7) is 1.94. The van der Waals surface area contributed by atoms with Crippen LogP contribution >= 0.6 is 11.6 Å². The van der Waals surface area contributed by atoms with E-state index in [1.165, 1.54) is 0 Å². The maximum atomic E-state index is 11.8. The number of carbonyl (C=O) groups is 1. The number of hydrogen-bond donors (Lipinski definition) is 2. The van der Waals surface area contributed by atoms with Gasteiger partial charge in [0.1, 0.15) is 11.5 Å². The molecule has 0 saturated heterocycles. The van der Waals surface area contributed by atoms with Gasteiger partial charge in [-0.2, -0.15) is 0 Å². The lowest BCUT2D eigenvalue weighted by molar-refractivity contribution is 0.0961. The monoisotopic (exact) mass is 290 g/mol. The molecule has 104 valence electrons. The van der Waals surface area contributed by atoms with Gasteiger partial charge in [0, 0.05) is 18.8 Å². The first kappa shape index (κ1) is 14.2. The molecule has 0 aromatic heterocycles. The highest BCUT2D eigenvalue weighted by molar-refractivity contribution is 6.32. The summed E-state index contributed by atoms with van der Waals surface area (Å²) in [6, 6.07) is 10.3. The lowest BCUT2D eigenvalue weighted by Gasteiger charge is -2.12. The SMILES string of the molecule is CNC(=O)c1ccc(N)cc1Oc1ccc(C)cc1Cl. The Morgan fingerprint density at radius 2 is 1.95 bits per heavy atom. The van der Waals surface area contributed by atoms with Gasteiger partial charge < -0.3 is 15.8 Å². The number of hydrogen-bond acceptors (Lipinski definition) is 3. The molecule has 0 aliphatic heterocycles. The van der Waals surface area contributed by atoms with Gasteiger partial charge in [0.05, 0.1) is 10.6 Å². The number of anilines is 1. The van der Waals surface area contributed by atoms with E-state index >= 15 is 0 Å². The standard InChI is InChI=1S/C15H15ClN2O2/c1-9-3-6-13(12(16)7-9)20-14-8-10(17)4-5-11(14)15(19)18-2/h3-8H,17H2,1-2H3,(H,18,19). The van der Waals surface area contributed by atoms with Gasteiger partial charge in [0.15, 0.2) is 0 Å².